The second-order valence-electron chi connectivity index (χ2n) is 4.93. The van der Waals surface area contributed by atoms with Gasteiger partial charge in [0.2, 0.25) is 0 Å². The van der Waals surface area contributed by atoms with E-state index in [2.05, 4.69) is 17.6 Å². The number of urea groups is 1. The number of hydrogen-bond acceptors (Lipinski definition) is 2. The molecule has 23 heavy (non-hydrogen) atoms. The first-order valence-electron chi connectivity index (χ1n) is 7.34. The molecule has 4 nitrogen and oxygen atoms in total. The lowest BCUT2D eigenvalue weighted by Crippen LogP contribution is -2.19. The van der Waals surface area contributed by atoms with E-state index in [0.29, 0.717) is 28.0 Å². The van der Waals surface area contributed by atoms with Gasteiger partial charge in [-0.05, 0) is 48.9 Å². The van der Waals surface area contributed by atoms with Gasteiger partial charge < -0.3 is 15.4 Å². The Labute approximate surface area is 145 Å². The minimum atomic E-state index is -0.358. The highest BCUT2D eigenvalue weighted by molar-refractivity contribution is 6.42. The van der Waals surface area contributed by atoms with E-state index in [4.69, 9.17) is 27.9 Å². The van der Waals surface area contributed by atoms with Gasteiger partial charge >= 0.3 is 6.03 Å². The van der Waals surface area contributed by atoms with Gasteiger partial charge in [0.05, 0.1) is 16.7 Å². The van der Waals surface area contributed by atoms with Crippen molar-refractivity contribution in [2.45, 2.75) is 19.8 Å². The lowest BCUT2D eigenvalue weighted by Gasteiger charge is -2.09. The van der Waals surface area contributed by atoms with Crippen molar-refractivity contribution in [1.82, 2.24) is 0 Å². The van der Waals surface area contributed by atoms with Crippen LogP contribution in [0.1, 0.15) is 19.8 Å². The molecule has 2 aromatic rings. The van der Waals surface area contributed by atoms with Crippen LogP contribution in [0.4, 0.5) is 16.2 Å². The number of halogens is 2. The molecule has 2 aromatic carbocycles. The zero-order valence-corrected chi connectivity index (χ0v) is 14.2. The van der Waals surface area contributed by atoms with Crippen LogP contribution in [0.5, 0.6) is 5.75 Å². The maximum absolute atomic E-state index is 11.9. The summed E-state index contributed by atoms with van der Waals surface area (Å²) < 4.78 is 5.57. The maximum Gasteiger partial charge on any atom is 0.323 e. The van der Waals surface area contributed by atoms with Crippen molar-refractivity contribution >= 4 is 40.6 Å². The largest absolute Gasteiger partial charge is 0.494 e. The summed E-state index contributed by atoms with van der Waals surface area (Å²) in [7, 11) is 0. The van der Waals surface area contributed by atoms with Gasteiger partial charge in [0, 0.05) is 11.4 Å². The quantitative estimate of drug-likeness (QED) is 0.643. The Morgan fingerprint density at radius 1 is 1.00 bits per heavy atom. The van der Waals surface area contributed by atoms with Gasteiger partial charge in [0.25, 0.3) is 0 Å². The van der Waals surface area contributed by atoms with Crippen molar-refractivity contribution in [3.8, 4) is 5.75 Å². The molecule has 2 rings (SSSR count). The van der Waals surface area contributed by atoms with Crippen LogP contribution in [-0.2, 0) is 0 Å². The van der Waals surface area contributed by atoms with Crippen molar-refractivity contribution in [2.24, 2.45) is 0 Å². The van der Waals surface area contributed by atoms with Crippen molar-refractivity contribution in [3.05, 3.63) is 52.5 Å². The molecule has 0 bridgehead atoms. The summed E-state index contributed by atoms with van der Waals surface area (Å²) in [5.41, 5.74) is 1.24. The molecule has 0 saturated heterocycles. The van der Waals surface area contributed by atoms with E-state index < -0.39 is 0 Å². The Kier molecular flexibility index (Phi) is 6.56. The minimum Gasteiger partial charge on any atom is -0.494 e. The van der Waals surface area contributed by atoms with Crippen molar-refractivity contribution < 1.29 is 9.53 Å². The van der Waals surface area contributed by atoms with Gasteiger partial charge in [-0.2, -0.15) is 0 Å². The molecule has 0 heterocycles. The monoisotopic (exact) mass is 352 g/mol. The van der Waals surface area contributed by atoms with Crippen LogP contribution < -0.4 is 15.4 Å². The molecule has 0 aliphatic rings. The molecular formula is C17H18Cl2N2O2. The van der Waals surface area contributed by atoms with Crippen LogP contribution in [0.2, 0.25) is 10.0 Å². The predicted octanol–water partition coefficient (Wildman–Crippen LogP) is 5.82. The third-order valence-corrected chi connectivity index (χ3v) is 3.80. The molecule has 0 saturated carbocycles. The van der Waals surface area contributed by atoms with E-state index in [1.54, 1.807) is 30.3 Å². The third kappa shape index (κ3) is 5.66. The molecule has 0 unspecified atom stereocenters. The average Bonchev–Trinajstić information content (AvgIpc) is 2.53. The Hall–Kier alpha value is -1.91. The Balaban J connectivity index is 1.88. The van der Waals surface area contributed by atoms with Gasteiger partial charge in [-0.1, -0.05) is 36.5 Å². The van der Waals surface area contributed by atoms with Crippen molar-refractivity contribution in [2.75, 3.05) is 17.2 Å². The number of anilines is 2. The summed E-state index contributed by atoms with van der Waals surface area (Å²) in [6.07, 6.45) is 2.11. The normalized spacial score (nSPS) is 10.2. The number of benzene rings is 2. The molecule has 0 spiro atoms. The fraction of sp³-hybridized carbons (Fsp3) is 0.235. The van der Waals surface area contributed by atoms with Gasteiger partial charge in [0.1, 0.15) is 5.75 Å². The van der Waals surface area contributed by atoms with Crippen LogP contribution in [0.25, 0.3) is 0 Å². The topological polar surface area (TPSA) is 50.4 Å². The summed E-state index contributed by atoms with van der Waals surface area (Å²) >= 11 is 11.7. The Bertz CT molecular complexity index is 660. The van der Waals surface area contributed by atoms with Crippen LogP contribution in [0.3, 0.4) is 0 Å². The lowest BCUT2D eigenvalue weighted by molar-refractivity contribution is 0.262. The third-order valence-electron chi connectivity index (χ3n) is 3.06. The molecule has 0 radical (unpaired) electrons. The molecule has 6 heteroatoms. The van der Waals surface area contributed by atoms with E-state index in [-0.39, 0.29) is 6.03 Å². The molecule has 0 atom stereocenters. The van der Waals surface area contributed by atoms with Gasteiger partial charge in [-0.3, -0.25) is 0 Å². The highest BCUT2D eigenvalue weighted by atomic mass is 35.5. The van der Waals surface area contributed by atoms with Gasteiger partial charge in [-0.25, -0.2) is 4.79 Å². The first-order valence-corrected chi connectivity index (χ1v) is 8.10. The van der Waals surface area contributed by atoms with Crippen LogP contribution in [0.15, 0.2) is 42.5 Å². The summed E-state index contributed by atoms with van der Waals surface area (Å²) in [5.74, 6) is 0.786. The summed E-state index contributed by atoms with van der Waals surface area (Å²) in [6, 6.07) is 11.8. The SMILES string of the molecule is CCCCOc1ccc(NC(=O)Nc2ccc(Cl)c(Cl)c2)cc1. The average molecular weight is 353 g/mol. The summed E-state index contributed by atoms with van der Waals surface area (Å²) in [6.45, 7) is 2.81. The van der Waals surface area contributed by atoms with E-state index >= 15 is 0 Å². The number of ether oxygens (including phenoxy) is 1. The van der Waals surface area contributed by atoms with Crippen molar-refractivity contribution in [3.63, 3.8) is 0 Å². The molecule has 0 fully saturated rings. The first-order chi connectivity index (χ1) is 11.1. The molecule has 0 aromatic heterocycles. The minimum absolute atomic E-state index is 0.358. The molecule has 2 N–H and O–H groups in total. The second-order valence-corrected chi connectivity index (χ2v) is 5.75. The van der Waals surface area contributed by atoms with E-state index in [1.807, 2.05) is 12.1 Å². The van der Waals surface area contributed by atoms with E-state index in [0.717, 1.165) is 18.6 Å². The van der Waals surface area contributed by atoms with E-state index in [9.17, 15) is 4.79 Å². The zero-order chi connectivity index (χ0) is 16.7. The molecular weight excluding hydrogens is 335 g/mol. The van der Waals surface area contributed by atoms with Gasteiger partial charge in [-0.15, -0.1) is 0 Å². The second kappa shape index (κ2) is 8.65. The summed E-state index contributed by atoms with van der Waals surface area (Å²) in [5, 5.41) is 6.26. The predicted molar refractivity (Wildman–Crippen MR) is 95.9 cm³/mol. The Morgan fingerprint density at radius 2 is 1.65 bits per heavy atom. The highest BCUT2D eigenvalue weighted by Crippen LogP contribution is 2.25. The number of carbonyl (C=O) groups is 1. The maximum atomic E-state index is 11.9. The fourth-order valence-corrected chi connectivity index (χ4v) is 2.13. The summed E-state index contributed by atoms with van der Waals surface area (Å²) in [4.78, 5) is 11.9. The number of hydrogen-bond donors (Lipinski definition) is 2. The smallest absolute Gasteiger partial charge is 0.323 e. The van der Waals surface area contributed by atoms with Crippen LogP contribution in [0, 0.1) is 0 Å². The molecule has 2 amide bonds. The van der Waals surface area contributed by atoms with Crippen molar-refractivity contribution in [1.29, 1.82) is 0 Å². The number of unbranched alkanes of at least 4 members (excludes halogenated alkanes) is 1. The molecule has 0 aliphatic heterocycles. The van der Waals surface area contributed by atoms with E-state index in [1.165, 1.54) is 0 Å². The number of carbonyl (C=O) groups excluding carboxylic acids is 1. The lowest BCUT2D eigenvalue weighted by atomic mass is 10.3. The highest BCUT2D eigenvalue weighted by Gasteiger charge is 2.05. The zero-order valence-electron chi connectivity index (χ0n) is 12.7. The van der Waals surface area contributed by atoms with Crippen LogP contribution >= 0.6 is 23.2 Å². The fourth-order valence-electron chi connectivity index (χ4n) is 1.84. The number of nitrogens with one attached hydrogen (secondary N) is 2. The van der Waals surface area contributed by atoms with Gasteiger partial charge in [0.15, 0.2) is 0 Å². The number of amides is 2. The molecule has 122 valence electrons. The first kappa shape index (κ1) is 17.4. The number of rotatable bonds is 6. The standard InChI is InChI=1S/C17H18Cl2N2O2/c1-2-3-10-23-14-7-4-12(5-8-14)20-17(22)21-13-6-9-15(18)16(19)11-13/h4-9,11H,2-3,10H2,1H3,(H2,20,21,22). The Morgan fingerprint density at radius 3 is 2.30 bits per heavy atom. The molecule has 0 aliphatic carbocycles. The van der Waals surface area contributed by atoms with Crippen LogP contribution in [-0.4, -0.2) is 12.6 Å².